The van der Waals surface area contributed by atoms with E-state index >= 15 is 0 Å². The van der Waals surface area contributed by atoms with Gasteiger partial charge in [0.1, 0.15) is 11.9 Å². The second-order valence-electron chi connectivity index (χ2n) is 3.75. The Morgan fingerprint density at radius 1 is 1.18 bits per heavy atom. The summed E-state index contributed by atoms with van der Waals surface area (Å²) in [6, 6.07) is 14.0. The number of hydrogen-bond acceptors (Lipinski definition) is 2. The predicted molar refractivity (Wildman–Crippen MR) is 65.6 cm³/mol. The van der Waals surface area contributed by atoms with Crippen LogP contribution < -0.4 is 5.32 Å². The molecule has 2 aromatic rings. The Balaban J connectivity index is 2.29. The first kappa shape index (κ1) is 11.2. The fourth-order valence-electron chi connectivity index (χ4n) is 1.55. The zero-order valence-electron chi connectivity index (χ0n) is 9.37. The Labute approximate surface area is 99.3 Å². The van der Waals surface area contributed by atoms with Crippen LogP contribution in [-0.2, 0) is 0 Å². The highest BCUT2D eigenvalue weighted by Gasteiger charge is 2.03. The van der Waals surface area contributed by atoms with E-state index in [1.807, 2.05) is 31.2 Å². The number of para-hydroxylation sites is 1. The molecule has 0 heterocycles. The van der Waals surface area contributed by atoms with Crippen LogP contribution in [0.4, 0.5) is 15.8 Å². The SMILES string of the molecule is Cc1ccccc1Nc1ccc(C#N)c(F)c1. The van der Waals surface area contributed by atoms with Gasteiger partial charge in [0.25, 0.3) is 0 Å². The third kappa shape index (κ3) is 2.43. The van der Waals surface area contributed by atoms with Crippen molar-refractivity contribution in [1.82, 2.24) is 0 Å². The summed E-state index contributed by atoms with van der Waals surface area (Å²) in [6.07, 6.45) is 0. The Morgan fingerprint density at radius 2 is 1.94 bits per heavy atom. The van der Waals surface area contributed by atoms with Crippen LogP contribution in [-0.4, -0.2) is 0 Å². The van der Waals surface area contributed by atoms with E-state index < -0.39 is 5.82 Å². The zero-order valence-corrected chi connectivity index (χ0v) is 9.37. The molecule has 0 spiro atoms. The standard InChI is InChI=1S/C14H11FN2/c1-10-4-2-3-5-14(10)17-12-7-6-11(9-16)13(15)8-12/h2-8,17H,1H3. The number of halogens is 1. The highest BCUT2D eigenvalue weighted by molar-refractivity contribution is 5.63. The van der Waals surface area contributed by atoms with Gasteiger partial charge in [0.2, 0.25) is 0 Å². The lowest BCUT2D eigenvalue weighted by Gasteiger charge is -2.09. The molecule has 2 rings (SSSR count). The highest BCUT2D eigenvalue weighted by atomic mass is 19.1. The van der Waals surface area contributed by atoms with E-state index in [-0.39, 0.29) is 5.56 Å². The van der Waals surface area contributed by atoms with Crippen molar-refractivity contribution in [2.75, 3.05) is 5.32 Å². The van der Waals surface area contributed by atoms with Crippen LogP contribution in [0.5, 0.6) is 0 Å². The maximum Gasteiger partial charge on any atom is 0.143 e. The fourth-order valence-corrected chi connectivity index (χ4v) is 1.55. The summed E-state index contributed by atoms with van der Waals surface area (Å²) in [4.78, 5) is 0. The van der Waals surface area contributed by atoms with E-state index in [0.29, 0.717) is 5.69 Å². The molecule has 0 aromatic heterocycles. The molecular weight excluding hydrogens is 215 g/mol. The molecular formula is C14H11FN2. The van der Waals surface area contributed by atoms with E-state index in [1.165, 1.54) is 12.1 Å². The third-order valence-corrected chi connectivity index (χ3v) is 2.51. The summed E-state index contributed by atoms with van der Waals surface area (Å²) in [6.45, 7) is 1.97. The molecule has 2 nitrogen and oxygen atoms in total. The number of nitriles is 1. The molecule has 84 valence electrons. The smallest absolute Gasteiger partial charge is 0.143 e. The maximum absolute atomic E-state index is 13.4. The molecule has 0 saturated carbocycles. The molecule has 0 aliphatic heterocycles. The van der Waals surface area contributed by atoms with Gasteiger partial charge < -0.3 is 5.32 Å². The summed E-state index contributed by atoms with van der Waals surface area (Å²) in [5, 5.41) is 11.7. The molecule has 2 aromatic carbocycles. The van der Waals surface area contributed by atoms with Crippen molar-refractivity contribution in [3.8, 4) is 6.07 Å². The maximum atomic E-state index is 13.4. The minimum Gasteiger partial charge on any atom is -0.355 e. The van der Waals surface area contributed by atoms with Gasteiger partial charge in [0.05, 0.1) is 5.56 Å². The Hall–Kier alpha value is -2.34. The summed E-state index contributed by atoms with van der Waals surface area (Å²) >= 11 is 0. The first-order chi connectivity index (χ1) is 8.20. The van der Waals surface area contributed by atoms with Gasteiger partial charge in [-0.05, 0) is 36.8 Å². The number of benzene rings is 2. The van der Waals surface area contributed by atoms with E-state index in [0.717, 1.165) is 11.3 Å². The predicted octanol–water partition coefficient (Wildman–Crippen LogP) is 3.75. The van der Waals surface area contributed by atoms with Crippen molar-refractivity contribution in [3.63, 3.8) is 0 Å². The average molecular weight is 226 g/mol. The number of hydrogen-bond donors (Lipinski definition) is 1. The van der Waals surface area contributed by atoms with Gasteiger partial charge in [-0.15, -0.1) is 0 Å². The van der Waals surface area contributed by atoms with Crippen molar-refractivity contribution < 1.29 is 4.39 Å². The molecule has 0 amide bonds. The molecule has 0 aliphatic carbocycles. The lowest BCUT2D eigenvalue weighted by Crippen LogP contribution is -1.94. The zero-order chi connectivity index (χ0) is 12.3. The molecule has 0 fully saturated rings. The van der Waals surface area contributed by atoms with Gasteiger partial charge in [-0.2, -0.15) is 5.26 Å². The topological polar surface area (TPSA) is 35.8 Å². The summed E-state index contributed by atoms with van der Waals surface area (Å²) in [5.74, 6) is -0.508. The molecule has 0 saturated heterocycles. The molecule has 3 heteroatoms. The fraction of sp³-hybridized carbons (Fsp3) is 0.0714. The minimum atomic E-state index is -0.508. The van der Waals surface area contributed by atoms with Gasteiger partial charge in [0.15, 0.2) is 0 Å². The van der Waals surface area contributed by atoms with Crippen LogP contribution in [0, 0.1) is 24.1 Å². The number of anilines is 2. The minimum absolute atomic E-state index is 0.0559. The molecule has 0 aliphatic rings. The van der Waals surface area contributed by atoms with Crippen LogP contribution in [0.2, 0.25) is 0 Å². The summed E-state index contributed by atoms with van der Waals surface area (Å²) in [7, 11) is 0. The highest BCUT2D eigenvalue weighted by Crippen LogP contribution is 2.21. The first-order valence-electron chi connectivity index (χ1n) is 5.23. The Bertz CT molecular complexity index is 585. The van der Waals surface area contributed by atoms with Gasteiger partial charge in [-0.25, -0.2) is 4.39 Å². The van der Waals surface area contributed by atoms with Crippen molar-refractivity contribution in [3.05, 3.63) is 59.4 Å². The molecule has 0 radical (unpaired) electrons. The Morgan fingerprint density at radius 3 is 2.59 bits per heavy atom. The van der Waals surface area contributed by atoms with Crippen molar-refractivity contribution >= 4 is 11.4 Å². The van der Waals surface area contributed by atoms with Crippen LogP contribution in [0.1, 0.15) is 11.1 Å². The molecule has 0 atom stereocenters. The van der Waals surface area contributed by atoms with Gasteiger partial charge in [-0.3, -0.25) is 0 Å². The summed E-state index contributed by atoms with van der Waals surface area (Å²) < 4.78 is 13.4. The van der Waals surface area contributed by atoms with E-state index in [1.54, 1.807) is 12.1 Å². The normalized spacial score (nSPS) is 9.71. The van der Waals surface area contributed by atoms with Crippen molar-refractivity contribution in [1.29, 1.82) is 5.26 Å². The van der Waals surface area contributed by atoms with E-state index in [9.17, 15) is 4.39 Å². The van der Waals surface area contributed by atoms with Crippen LogP contribution in [0.3, 0.4) is 0 Å². The van der Waals surface area contributed by atoms with Gasteiger partial charge in [-0.1, -0.05) is 18.2 Å². The number of aryl methyl sites for hydroxylation is 1. The largest absolute Gasteiger partial charge is 0.355 e. The summed E-state index contributed by atoms with van der Waals surface area (Å²) in [5.41, 5.74) is 2.70. The second kappa shape index (κ2) is 4.67. The van der Waals surface area contributed by atoms with Crippen molar-refractivity contribution in [2.45, 2.75) is 6.92 Å². The Kier molecular flexibility index (Phi) is 3.06. The lowest BCUT2D eigenvalue weighted by atomic mass is 10.1. The van der Waals surface area contributed by atoms with Crippen LogP contribution in [0.25, 0.3) is 0 Å². The monoisotopic (exact) mass is 226 g/mol. The third-order valence-electron chi connectivity index (χ3n) is 2.51. The number of nitrogens with one attached hydrogen (secondary N) is 1. The average Bonchev–Trinajstić information content (AvgIpc) is 2.32. The van der Waals surface area contributed by atoms with Crippen molar-refractivity contribution in [2.24, 2.45) is 0 Å². The second-order valence-corrected chi connectivity index (χ2v) is 3.75. The molecule has 0 bridgehead atoms. The van der Waals surface area contributed by atoms with Crippen LogP contribution in [0.15, 0.2) is 42.5 Å². The van der Waals surface area contributed by atoms with E-state index in [2.05, 4.69) is 5.32 Å². The quantitative estimate of drug-likeness (QED) is 0.846. The molecule has 17 heavy (non-hydrogen) atoms. The van der Waals surface area contributed by atoms with Gasteiger partial charge in [0, 0.05) is 11.4 Å². The lowest BCUT2D eigenvalue weighted by molar-refractivity contribution is 0.624. The first-order valence-corrected chi connectivity index (χ1v) is 5.23. The van der Waals surface area contributed by atoms with E-state index in [4.69, 9.17) is 5.26 Å². The molecule has 1 N–H and O–H groups in total. The number of rotatable bonds is 2. The van der Waals surface area contributed by atoms with Gasteiger partial charge >= 0.3 is 0 Å². The van der Waals surface area contributed by atoms with Crippen LogP contribution >= 0.6 is 0 Å². The number of nitrogens with zero attached hydrogens (tertiary/aromatic N) is 1. The molecule has 0 unspecified atom stereocenters.